The second-order valence-corrected chi connectivity index (χ2v) is 10.0. The van der Waals surface area contributed by atoms with Gasteiger partial charge in [-0.2, -0.15) is 5.26 Å². The molecule has 1 atom stereocenters. The molecule has 0 aliphatic heterocycles. The van der Waals surface area contributed by atoms with Gasteiger partial charge in [-0.3, -0.25) is 0 Å². The molecular weight excluding hydrogens is 190 g/mol. The molecule has 14 heavy (non-hydrogen) atoms. The smallest absolute Gasteiger partial charge is 0.192 e. The first-order chi connectivity index (χ1) is 6.24. The van der Waals surface area contributed by atoms with Crippen LogP contribution in [0.15, 0.2) is 0 Å². The van der Waals surface area contributed by atoms with E-state index in [-0.39, 0.29) is 11.1 Å². The molecule has 3 heteroatoms. The number of nitriles is 1. The van der Waals surface area contributed by atoms with Crippen molar-refractivity contribution < 1.29 is 4.43 Å². The van der Waals surface area contributed by atoms with Gasteiger partial charge in [-0.05, 0) is 24.6 Å². The lowest BCUT2D eigenvalue weighted by Crippen LogP contribution is -2.43. The summed E-state index contributed by atoms with van der Waals surface area (Å²) in [4.78, 5) is 0. The third kappa shape index (κ3) is 3.81. The van der Waals surface area contributed by atoms with Crippen LogP contribution in [0.25, 0.3) is 0 Å². The van der Waals surface area contributed by atoms with Crippen molar-refractivity contribution in [2.75, 3.05) is 0 Å². The lowest BCUT2D eigenvalue weighted by Gasteiger charge is -2.38. The summed E-state index contributed by atoms with van der Waals surface area (Å²) in [7, 11) is -1.68. The van der Waals surface area contributed by atoms with E-state index in [4.69, 9.17) is 9.69 Å². The van der Waals surface area contributed by atoms with Gasteiger partial charge in [-0.15, -0.1) is 0 Å². The molecule has 0 rings (SSSR count). The summed E-state index contributed by atoms with van der Waals surface area (Å²) in [5.41, 5.74) is 0. The molecule has 0 N–H and O–H groups in total. The van der Waals surface area contributed by atoms with Crippen molar-refractivity contribution in [3.63, 3.8) is 0 Å². The highest BCUT2D eigenvalue weighted by Gasteiger charge is 2.38. The van der Waals surface area contributed by atoms with E-state index in [1.165, 1.54) is 0 Å². The van der Waals surface area contributed by atoms with Crippen molar-refractivity contribution in [1.29, 1.82) is 5.26 Å². The van der Waals surface area contributed by atoms with Gasteiger partial charge < -0.3 is 4.43 Å². The molecule has 0 fully saturated rings. The second kappa shape index (κ2) is 4.95. The summed E-state index contributed by atoms with van der Waals surface area (Å²) in [5.74, 6) is 0. The Bertz CT molecular complexity index is 212. The molecule has 0 aromatic heterocycles. The fourth-order valence-electron chi connectivity index (χ4n) is 0.965. The lowest BCUT2D eigenvalue weighted by molar-refractivity contribution is 0.181. The van der Waals surface area contributed by atoms with Gasteiger partial charge >= 0.3 is 0 Å². The van der Waals surface area contributed by atoms with Gasteiger partial charge in [0, 0.05) is 0 Å². The van der Waals surface area contributed by atoms with E-state index in [0.29, 0.717) is 6.42 Å². The van der Waals surface area contributed by atoms with E-state index in [0.717, 1.165) is 6.42 Å². The minimum absolute atomic E-state index is 0.126. The largest absolute Gasteiger partial charge is 0.413 e. The van der Waals surface area contributed by atoms with E-state index in [2.05, 4.69) is 46.9 Å². The minimum Gasteiger partial charge on any atom is -0.413 e. The number of nitrogens with zero attached hydrogens (tertiary/aromatic N) is 1. The molecule has 0 saturated carbocycles. The summed E-state index contributed by atoms with van der Waals surface area (Å²) >= 11 is 0. The molecule has 82 valence electrons. The Labute approximate surface area is 89.4 Å². The maximum absolute atomic E-state index is 8.65. The first kappa shape index (κ1) is 13.7. The molecule has 0 aromatic rings. The monoisotopic (exact) mass is 213 g/mol. The predicted octanol–water partition coefficient (Wildman–Crippen LogP) is 3.70. The van der Waals surface area contributed by atoms with E-state index in [1.807, 2.05) is 0 Å². The van der Waals surface area contributed by atoms with Gasteiger partial charge in [-0.25, -0.2) is 0 Å². The zero-order chi connectivity index (χ0) is 11.4. The van der Waals surface area contributed by atoms with Crippen molar-refractivity contribution in [2.24, 2.45) is 0 Å². The SMILES string of the molecule is CC[C@H](CC#N)O[Si](C)(C)C(C)(C)C. The highest BCUT2D eigenvalue weighted by Crippen LogP contribution is 2.37. The van der Waals surface area contributed by atoms with E-state index in [1.54, 1.807) is 0 Å². The number of rotatable bonds is 4. The maximum atomic E-state index is 8.65. The van der Waals surface area contributed by atoms with Crippen LogP contribution in [0.2, 0.25) is 18.1 Å². The zero-order valence-corrected chi connectivity index (χ0v) is 11.3. The van der Waals surface area contributed by atoms with Crippen LogP contribution in [0, 0.1) is 11.3 Å². The normalized spacial score (nSPS) is 14.9. The van der Waals surface area contributed by atoms with Crippen molar-refractivity contribution in [3.05, 3.63) is 0 Å². The quantitative estimate of drug-likeness (QED) is 0.667. The number of hydrogen-bond acceptors (Lipinski definition) is 2. The molecular formula is C11H23NOSi. The molecule has 0 aromatic carbocycles. The summed E-state index contributed by atoms with van der Waals surface area (Å²) in [5, 5.41) is 8.88. The third-order valence-electron chi connectivity index (χ3n) is 3.04. The molecule has 0 aliphatic rings. The van der Waals surface area contributed by atoms with Crippen molar-refractivity contribution in [2.45, 2.75) is 64.8 Å². The fourth-order valence-corrected chi connectivity index (χ4v) is 2.40. The average molecular weight is 213 g/mol. The van der Waals surface area contributed by atoms with Crippen LogP contribution in [0.5, 0.6) is 0 Å². The first-order valence-electron chi connectivity index (χ1n) is 5.29. The molecule has 0 bridgehead atoms. The first-order valence-corrected chi connectivity index (χ1v) is 8.20. The third-order valence-corrected chi connectivity index (χ3v) is 7.58. The highest BCUT2D eigenvalue weighted by molar-refractivity contribution is 6.74. The Balaban J connectivity index is 4.41. The lowest BCUT2D eigenvalue weighted by atomic mass is 10.2. The second-order valence-electron chi connectivity index (χ2n) is 5.27. The van der Waals surface area contributed by atoms with Crippen molar-refractivity contribution in [3.8, 4) is 6.07 Å². The van der Waals surface area contributed by atoms with E-state index in [9.17, 15) is 0 Å². The van der Waals surface area contributed by atoms with Gasteiger partial charge in [0.1, 0.15) is 0 Å². The zero-order valence-electron chi connectivity index (χ0n) is 10.3. The number of hydrogen-bond donors (Lipinski definition) is 0. The highest BCUT2D eigenvalue weighted by atomic mass is 28.4. The Kier molecular flexibility index (Phi) is 4.83. The van der Waals surface area contributed by atoms with Crippen molar-refractivity contribution in [1.82, 2.24) is 0 Å². The van der Waals surface area contributed by atoms with Crippen LogP contribution in [0.4, 0.5) is 0 Å². The topological polar surface area (TPSA) is 33.0 Å². The molecule has 2 nitrogen and oxygen atoms in total. The summed E-state index contributed by atoms with van der Waals surface area (Å²) < 4.78 is 6.11. The van der Waals surface area contributed by atoms with Gasteiger partial charge in [0.15, 0.2) is 8.32 Å². The molecule has 0 heterocycles. The maximum Gasteiger partial charge on any atom is 0.192 e. The molecule has 0 aliphatic carbocycles. The molecule has 0 spiro atoms. The average Bonchev–Trinajstić information content (AvgIpc) is 2.01. The molecule has 0 amide bonds. The van der Waals surface area contributed by atoms with Crippen LogP contribution in [0.1, 0.15) is 40.5 Å². The van der Waals surface area contributed by atoms with Crippen LogP contribution in [-0.4, -0.2) is 14.4 Å². The minimum atomic E-state index is -1.68. The summed E-state index contributed by atoms with van der Waals surface area (Å²) in [6, 6.07) is 2.19. The summed E-state index contributed by atoms with van der Waals surface area (Å²) in [6.07, 6.45) is 1.57. The Morgan fingerprint density at radius 2 is 1.86 bits per heavy atom. The summed E-state index contributed by atoms with van der Waals surface area (Å²) in [6.45, 7) is 13.2. The van der Waals surface area contributed by atoms with Gasteiger partial charge in [-0.1, -0.05) is 27.7 Å². The Morgan fingerprint density at radius 1 is 1.36 bits per heavy atom. The van der Waals surface area contributed by atoms with Crippen molar-refractivity contribution >= 4 is 8.32 Å². The van der Waals surface area contributed by atoms with Gasteiger partial charge in [0.2, 0.25) is 0 Å². The predicted molar refractivity (Wildman–Crippen MR) is 62.6 cm³/mol. The van der Waals surface area contributed by atoms with Crippen LogP contribution >= 0.6 is 0 Å². The van der Waals surface area contributed by atoms with Gasteiger partial charge in [0.05, 0.1) is 18.6 Å². The van der Waals surface area contributed by atoms with Gasteiger partial charge in [0.25, 0.3) is 0 Å². The Hall–Kier alpha value is -0.333. The molecule has 0 unspecified atom stereocenters. The van der Waals surface area contributed by atoms with Crippen LogP contribution in [0.3, 0.4) is 0 Å². The fraction of sp³-hybridized carbons (Fsp3) is 0.909. The standard InChI is InChI=1S/C11H23NOSi/c1-7-10(8-9-12)13-14(5,6)11(2,3)4/h10H,7-8H2,1-6H3/t10-/m1/s1. The van der Waals surface area contributed by atoms with E-state index >= 15 is 0 Å². The van der Waals surface area contributed by atoms with E-state index < -0.39 is 8.32 Å². The van der Waals surface area contributed by atoms with Crippen LogP contribution in [-0.2, 0) is 4.43 Å². The molecule has 0 saturated heterocycles. The molecule has 0 radical (unpaired) electrons. The Morgan fingerprint density at radius 3 is 2.14 bits per heavy atom. The van der Waals surface area contributed by atoms with Crippen LogP contribution < -0.4 is 0 Å².